The fraction of sp³-hybridized carbons (Fsp3) is 0.381. The lowest BCUT2D eigenvalue weighted by molar-refractivity contribution is 0.0734. The molecule has 0 bridgehead atoms. The molecule has 128 valence electrons. The fourth-order valence-electron chi connectivity index (χ4n) is 2.59. The lowest BCUT2D eigenvalue weighted by Crippen LogP contribution is -2.08. The van der Waals surface area contributed by atoms with Crippen molar-refractivity contribution in [1.29, 1.82) is 0 Å². The van der Waals surface area contributed by atoms with Gasteiger partial charge in [-0.25, -0.2) is 4.79 Å². The average molecular weight is 389 g/mol. The Bertz CT molecular complexity index is 617. The zero-order valence-electron chi connectivity index (χ0n) is 14.3. The third kappa shape index (κ3) is 6.48. The van der Waals surface area contributed by atoms with E-state index in [4.69, 9.17) is 4.74 Å². The van der Waals surface area contributed by atoms with Crippen molar-refractivity contribution < 1.29 is 9.53 Å². The Balaban J connectivity index is 1.77. The van der Waals surface area contributed by atoms with E-state index in [1.807, 2.05) is 24.3 Å². The Labute approximate surface area is 153 Å². The lowest BCUT2D eigenvalue weighted by Gasteiger charge is -2.06. The predicted molar refractivity (Wildman–Crippen MR) is 103 cm³/mol. The summed E-state index contributed by atoms with van der Waals surface area (Å²) < 4.78 is 6.35. The van der Waals surface area contributed by atoms with Crippen LogP contribution in [0.15, 0.2) is 53.0 Å². The van der Waals surface area contributed by atoms with E-state index in [2.05, 4.69) is 35.0 Å². The number of rotatable bonds is 9. The van der Waals surface area contributed by atoms with Crippen molar-refractivity contribution in [1.82, 2.24) is 0 Å². The van der Waals surface area contributed by atoms with Crippen molar-refractivity contribution in [3.8, 4) is 5.75 Å². The molecule has 2 aromatic carbocycles. The molecule has 0 aliphatic rings. The number of aryl methyl sites for hydroxylation is 1. The smallest absolute Gasteiger partial charge is 0.343 e. The van der Waals surface area contributed by atoms with Gasteiger partial charge >= 0.3 is 5.97 Å². The topological polar surface area (TPSA) is 26.3 Å². The van der Waals surface area contributed by atoms with Crippen molar-refractivity contribution in [2.45, 2.75) is 51.9 Å². The third-order valence-electron chi connectivity index (χ3n) is 4.03. The van der Waals surface area contributed by atoms with Crippen LogP contribution in [-0.2, 0) is 6.42 Å². The Morgan fingerprint density at radius 2 is 1.50 bits per heavy atom. The predicted octanol–water partition coefficient (Wildman–Crippen LogP) is 6.57. The summed E-state index contributed by atoms with van der Waals surface area (Å²) in [4.78, 5) is 12.1. The molecule has 0 heterocycles. The Kier molecular flexibility index (Phi) is 8.03. The molecule has 0 aliphatic heterocycles. The molecular formula is C21H25BrO2. The maximum atomic E-state index is 12.1. The molecule has 0 fully saturated rings. The Hall–Kier alpha value is -1.61. The summed E-state index contributed by atoms with van der Waals surface area (Å²) in [6, 6.07) is 15.0. The maximum absolute atomic E-state index is 12.1. The molecule has 3 heteroatoms. The van der Waals surface area contributed by atoms with Gasteiger partial charge in [-0.05, 0) is 54.8 Å². The summed E-state index contributed by atoms with van der Waals surface area (Å²) in [5, 5.41) is 0. The van der Waals surface area contributed by atoms with Gasteiger partial charge < -0.3 is 4.74 Å². The lowest BCUT2D eigenvalue weighted by atomic mass is 10.0. The van der Waals surface area contributed by atoms with E-state index in [-0.39, 0.29) is 5.97 Å². The van der Waals surface area contributed by atoms with E-state index in [1.54, 1.807) is 12.1 Å². The molecule has 0 saturated carbocycles. The van der Waals surface area contributed by atoms with Crippen LogP contribution in [0.25, 0.3) is 0 Å². The number of hydrogen-bond donors (Lipinski definition) is 0. The van der Waals surface area contributed by atoms with Crippen molar-refractivity contribution >= 4 is 21.9 Å². The van der Waals surface area contributed by atoms with Gasteiger partial charge in [0.05, 0.1) is 5.56 Å². The van der Waals surface area contributed by atoms with Gasteiger partial charge in [-0.1, -0.05) is 67.1 Å². The summed E-state index contributed by atoms with van der Waals surface area (Å²) >= 11 is 3.36. The molecule has 0 saturated heterocycles. The second-order valence-corrected chi connectivity index (χ2v) is 6.97. The van der Waals surface area contributed by atoms with E-state index in [9.17, 15) is 4.79 Å². The van der Waals surface area contributed by atoms with Crippen LogP contribution < -0.4 is 4.74 Å². The standard InChI is InChI=1S/C21H25BrO2/c1-2-3-4-5-6-7-8-17-9-15-20(16-10-17)24-21(23)18-11-13-19(22)14-12-18/h9-16H,2-8H2,1H3. The van der Waals surface area contributed by atoms with Crippen LogP contribution in [0.3, 0.4) is 0 Å². The zero-order chi connectivity index (χ0) is 17.2. The second kappa shape index (κ2) is 10.3. The number of halogens is 1. The van der Waals surface area contributed by atoms with Crippen LogP contribution in [0.2, 0.25) is 0 Å². The van der Waals surface area contributed by atoms with Crippen LogP contribution in [0.5, 0.6) is 5.75 Å². The summed E-state index contributed by atoms with van der Waals surface area (Å²) in [6.07, 6.45) is 8.92. The molecule has 0 atom stereocenters. The first-order valence-corrected chi connectivity index (χ1v) is 9.55. The maximum Gasteiger partial charge on any atom is 0.343 e. The molecule has 0 spiro atoms. The molecule has 2 aromatic rings. The molecule has 2 nitrogen and oxygen atoms in total. The molecule has 0 unspecified atom stereocenters. The number of benzene rings is 2. The highest BCUT2D eigenvalue weighted by atomic mass is 79.9. The number of esters is 1. The van der Waals surface area contributed by atoms with Gasteiger partial charge in [-0.15, -0.1) is 0 Å². The third-order valence-corrected chi connectivity index (χ3v) is 4.56. The van der Waals surface area contributed by atoms with Gasteiger partial charge in [0, 0.05) is 4.47 Å². The van der Waals surface area contributed by atoms with Crippen LogP contribution in [0.1, 0.15) is 61.4 Å². The van der Waals surface area contributed by atoms with Gasteiger partial charge in [0.2, 0.25) is 0 Å². The molecule has 2 rings (SSSR count). The first kappa shape index (κ1) is 18.7. The zero-order valence-corrected chi connectivity index (χ0v) is 15.8. The summed E-state index contributed by atoms with van der Waals surface area (Å²) in [5.41, 5.74) is 1.85. The van der Waals surface area contributed by atoms with E-state index in [0.717, 1.165) is 10.9 Å². The van der Waals surface area contributed by atoms with Gasteiger partial charge in [-0.2, -0.15) is 0 Å². The first-order valence-electron chi connectivity index (χ1n) is 8.75. The largest absolute Gasteiger partial charge is 0.423 e. The Morgan fingerprint density at radius 3 is 2.17 bits per heavy atom. The van der Waals surface area contributed by atoms with Crippen molar-refractivity contribution in [3.05, 3.63) is 64.1 Å². The minimum Gasteiger partial charge on any atom is -0.423 e. The number of unbranched alkanes of at least 4 members (excludes halogenated alkanes) is 5. The summed E-state index contributed by atoms with van der Waals surface area (Å²) in [5.74, 6) is 0.265. The van der Waals surface area contributed by atoms with Gasteiger partial charge in [0.1, 0.15) is 5.75 Å². The molecule has 0 N–H and O–H groups in total. The van der Waals surface area contributed by atoms with Crippen LogP contribution in [0, 0.1) is 0 Å². The van der Waals surface area contributed by atoms with Crippen molar-refractivity contribution in [2.75, 3.05) is 0 Å². The van der Waals surface area contributed by atoms with Crippen LogP contribution >= 0.6 is 15.9 Å². The molecule has 0 aromatic heterocycles. The van der Waals surface area contributed by atoms with Crippen LogP contribution in [-0.4, -0.2) is 5.97 Å². The van der Waals surface area contributed by atoms with Gasteiger partial charge in [0.15, 0.2) is 0 Å². The molecule has 0 radical (unpaired) electrons. The van der Waals surface area contributed by atoms with E-state index in [1.165, 1.54) is 44.1 Å². The molecule has 0 aliphatic carbocycles. The summed E-state index contributed by atoms with van der Waals surface area (Å²) in [6.45, 7) is 2.24. The van der Waals surface area contributed by atoms with E-state index < -0.39 is 0 Å². The van der Waals surface area contributed by atoms with Crippen LogP contribution in [0.4, 0.5) is 0 Å². The van der Waals surface area contributed by atoms with E-state index >= 15 is 0 Å². The highest BCUT2D eigenvalue weighted by Gasteiger charge is 2.08. The van der Waals surface area contributed by atoms with Crippen molar-refractivity contribution in [3.63, 3.8) is 0 Å². The number of carbonyl (C=O) groups excluding carboxylic acids is 1. The second-order valence-electron chi connectivity index (χ2n) is 6.06. The number of hydrogen-bond acceptors (Lipinski definition) is 2. The molecular weight excluding hydrogens is 364 g/mol. The average Bonchev–Trinajstić information content (AvgIpc) is 2.60. The first-order chi connectivity index (χ1) is 11.7. The van der Waals surface area contributed by atoms with Crippen molar-refractivity contribution in [2.24, 2.45) is 0 Å². The Morgan fingerprint density at radius 1 is 0.875 bits per heavy atom. The molecule has 24 heavy (non-hydrogen) atoms. The minimum absolute atomic E-state index is 0.328. The summed E-state index contributed by atoms with van der Waals surface area (Å²) in [7, 11) is 0. The number of ether oxygens (including phenoxy) is 1. The number of carbonyl (C=O) groups is 1. The minimum atomic E-state index is -0.328. The monoisotopic (exact) mass is 388 g/mol. The quantitative estimate of drug-likeness (QED) is 0.275. The highest BCUT2D eigenvalue weighted by Crippen LogP contribution is 2.17. The normalized spacial score (nSPS) is 10.6. The van der Waals surface area contributed by atoms with Gasteiger partial charge in [-0.3, -0.25) is 0 Å². The van der Waals surface area contributed by atoms with Gasteiger partial charge in [0.25, 0.3) is 0 Å². The SMILES string of the molecule is CCCCCCCCc1ccc(OC(=O)c2ccc(Br)cc2)cc1. The highest BCUT2D eigenvalue weighted by molar-refractivity contribution is 9.10. The molecule has 0 amide bonds. The fourth-order valence-corrected chi connectivity index (χ4v) is 2.85. The van der Waals surface area contributed by atoms with E-state index in [0.29, 0.717) is 11.3 Å².